The number of amides is 3. The van der Waals surface area contributed by atoms with E-state index in [4.69, 9.17) is 4.74 Å². The average molecular weight is 399 g/mol. The molecule has 0 aromatic heterocycles. The second-order valence-corrected chi connectivity index (χ2v) is 8.31. The van der Waals surface area contributed by atoms with Gasteiger partial charge in [-0.2, -0.15) is 0 Å². The van der Waals surface area contributed by atoms with Crippen molar-refractivity contribution < 1.29 is 19.1 Å². The van der Waals surface area contributed by atoms with Crippen LogP contribution in [0.3, 0.4) is 0 Å². The monoisotopic (exact) mass is 399 g/mol. The normalized spacial score (nSPS) is 23.2. The highest BCUT2D eigenvalue weighted by atomic mass is 16.6. The van der Waals surface area contributed by atoms with Gasteiger partial charge in [-0.25, -0.2) is 4.79 Å². The van der Waals surface area contributed by atoms with Crippen LogP contribution in [0, 0.1) is 5.92 Å². The van der Waals surface area contributed by atoms with Crippen molar-refractivity contribution in [2.24, 2.45) is 5.92 Å². The van der Waals surface area contributed by atoms with Crippen LogP contribution in [0.1, 0.15) is 50.5 Å². The number of benzene rings is 1. The van der Waals surface area contributed by atoms with Gasteiger partial charge in [-0.15, -0.1) is 0 Å². The molecule has 1 aromatic carbocycles. The third kappa shape index (κ3) is 4.71. The molecule has 7 heteroatoms. The topological polar surface area (TPSA) is 79.0 Å². The van der Waals surface area contributed by atoms with E-state index in [2.05, 4.69) is 5.32 Å². The second kappa shape index (κ2) is 8.84. The molecule has 29 heavy (non-hydrogen) atoms. The molecule has 1 aromatic rings. The van der Waals surface area contributed by atoms with Gasteiger partial charge >= 0.3 is 6.09 Å². The zero-order valence-corrected chi connectivity index (χ0v) is 16.8. The molecular formula is C22H29N3O4. The second-order valence-electron chi connectivity index (χ2n) is 8.31. The Kier molecular flexibility index (Phi) is 6.02. The largest absolute Gasteiger partial charge is 0.448 e. The van der Waals surface area contributed by atoms with Gasteiger partial charge in [0.15, 0.2) is 0 Å². The van der Waals surface area contributed by atoms with Crippen molar-refractivity contribution in [3.05, 3.63) is 29.8 Å². The van der Waals surface area contributed by atoms with E-state index in [-0.39, 0.29) is 23.8 Å². The molecule has 2 aliphatic heterocycles. The highest BCUT2D eigenvalue weighted by Gasteiger charge is 2.37. The lowest BCUT2D eigenvalue weighted by atomic mass is 10.1. The van der Waals surface area contributed by atoms with Gasteiger partial charge in [0.25, 0.3) is 0 Å². The standard InChI is InChI=1S/C22H29N3O4/c26-20-13-17(15-25(20)19-5-3-1-2-4-6-19)21(27)23-18-9-7-16(8-10-18)14-24-11-12-29-22(24)28/h7-10,17,19H,1-6,11-15H2,(H,23,27)/t17-/m0/s1. The summed E-state index contributed by atoms with van der Waals surface area (Å²) in [6.07, 6.45) is 6.98. The fourth-order valence-corrected chi connectivity index (χ4v) is 4.56. The number of hydrogen-bond donors (Lipinski definition) is 1. The predicted octanol–water partition coefficient (Wildman–Crippen LogP) is 3.15. The van der Waals surface area contributed by atoms with E-state index in [1.54, 1.807) is 4.90 Å². The molecule has 0 radical (unpaired) electrons. The lowest BCUT2D eigenvalue weighted by Gasteiger charge is -2.27. The van der Waals surface area contributed by atoms with Crippen LogP contribution < -0.4 is 5.32 Å². The fraction of sp³-hybridized carbons (Fsp3) is 0.591. The minimum atomic E-state index is -0.287. The molecule has 0 spiro atoms. The minimum Gasteiger partial charge on any atom is -0.448 e. The number of carbonyl (C=O) groups is 3. The molecule has 156 valence electrons. The van der Waals surface area contributed by atoms with Crippen LogP contribution in [-0.2, 0) is 20.9 Å². The molecule has 3 amide bonds. The first-order valence-corrected chi connectivity index (χ1v) is 10.7. The summed E-state index contributed by atoms with van der Waals surface area (Å²) in [6, 6.07) is 7.79. The van der Waals surface area contributed by atoms with Crippen molar-refractivity contribution in [1.29, 1.82) is 0 Å². The first-order chi connectivity index (χ1) is 14.1. The number of cyclic esters (lactones) is 1. The summed E-state index contributed by atoms with van der Waals surface area (Å²) >= 11 is 0. The van der Waals surface area contributed by atoms with E-state index >= 15 is 0 Å². The Hall–Kier alpha value is -2.57. The Morgan fingerprint density at radius 3 is 2.45 bits per heavy atom. The SMILES string of the molecule is O=C(Nc1ccc(CN2CCOC2=O)cc1)[C@H]1CC(=O)N(C2CCCCCC2)C1. The molecule has 0 unspecified atom stereocenters. The lowest BCUT2D eigenvalue weighted by molar-refractivity contribution is -0.130. The first-order valence-electron chi connectivity index (χ1n) is 10.7. The van der Waals surface area contributed by atoms with E-state index < -0.39 is 0 Å². The Morgan fingerprint density at radius 2 is 1.79 bits per heavy atom. The number of anilines is 1. The third-order valence-electron chi connectivity index (χ3n) is 6.23. The van der Waals surface area contributed by atoms with Crippen molar-refractivity contribution in [2.45, 2.75) is 57.5 Å². The van der Waals surface area contributed by atoms with Crippen LogP contribution in [0.5, 0.6) is 0 Å². The summed E-state index contributed by atoms with van der Waals surface area (Å²) < 4.78 is 4.94. The highest BCUT2D eigenvalue weighted by Crippen LogP contribution is 2.28. The molecule has 0 bridgehead atoms. The van der Waals surface area contributed by atoms with Gasteiger partial charge in [0.1, 0.15) is 6.61 Å². The molecule has 2 saturated heterocycles. The lowest BCUT2D eigenvalue weighted by Crippen LogP contribution is -2.37. The number of nitrogens with zero attached hydrogens (tertiary/aromatic N) is 2. The molecule has 4 rings (SSSR count). The summed E-state index contributed by atoms with van der Waals surface area (Å²) in [7, 11) is 0. The number of hydrogen-bond acceptors (Lipinski definition) is 4. The maximum atomic E-state index is 12.7. The van der Waals surface area contributed by atoms with Gasteiger partial charge in [0.05, 0.1) is 12.5 Å². The van der Waals surface area contributed by atoms with Gasteiger partial charge in [0.2, 0.25) is 11.8 Å². The van der Waals surface area contributed by atoms with Crippen LogP contribution in [0.2, 0.25) is 0 Å². The van der Waals surface area contributed by atoms with Gasteiger partial charge < -0.3 is 19.9 Å². The first kappa shape index (κ1) is 19.7. The highest BCUT2D eigenvalue weighted by molar-refractivity contribution is 5.97. The van der Waals surface area contributed by atoms with Gasteiger partial charge in [-0.1, -0.05) is 37.8 Å². The maximum Gasteiger partial charge on any atom is 0.410 e. The number of nitrogens with one attached hydrogen (secondary N) is 1. The summed E-state index contributed by atoms with van der Waals surface area (Å²) in [4.78, 5) is 40.3. The van der Waals surface area contributed by atoms with E-state index in [0.29, 0.717) is 44.4 Å². The average Bonchev–Trinajstić information content (AvgIpc) is 3.18. The fourth-order valence-electron chi connectivity index (χ4n) is 4.56. The number of likely N-dealkylation sites (tertiary alicyclic amines) is 1. The van der Waals surface area contributed by atoms with Gasteiger partial charge in [-0.05, 0) is 30.5 Å². The van der Waals surface area contributed by atoms with Crippen LogP contribution in [0.4, 0.5) is 10.5 Å². The van der Waals surface area contributed by atoms with Crippen molar-refractivity contribution in [1.82, 2.24) is 9.80 Å². The third-order valence-corrected chi connectivity index (χ3v) is 6.23. The summed E-state index contributed by atoms with van der Waals surface area (Å²) in [5, 5.41) is 2.95. The van der Waals surface area contributed by atoms with Crippen LogP contribution >= 0.6 is 0 Å². The van der Waals surface area contributed by atoms with Crippen LogP contribution in [0.25, 0.3) is 0 Å². The quantitative estimate of drug-likeness (QED) is 0.772. The Bertz CT molecular complexity index is 756. The van der Waals surface area contributed by atoms with E-state index in [9.17, 15) is 14.4 Å². The van der Waals surface area contributed by atoms with Crippen molar-refractivity contribution in [3.63, 3.8) is 0 Å². The summed E-state index contributed by atoms with van der Waals surface area (Å²) in [5.74, 6) is -0.264. The zero-order chi connectivity index (χ0) is 20.2. The van der Waals surface area contributed by atoms with Crippen molar-refractivity contribution in [3.8, 4) is 0 Å². The molecule has 2 heterocycles. The van der Waals surface area contributed by atoms with Crippen molar-refractivity contribution in [2.75, 3.05) is 25.0 Å². The molecule has 1 N–H and O–H groups in total. The van der Waals surface area contributed by atoms with E-state index in [1.807, 2.05) is 29.2 Å². The summed E-state index contributed by atoms with van der Waals surface area (Å²) in [6.45, 7) is 2.07. The Balaban J connectivity index is 1.31. The Labute approximate surface area is 171 Å². The molecule has 3 aliphatic rings. The number of carbonyl (C=O) groups excluding carboxylic acids is 3. The van der Waals surface area contributed by atoms with Gasteiger partial charge in [0, 0.05) is 31.2 Å². The van der Waals surface area contributed by atoms with E-state index in [0.717, 1.165) is 18.4 Å². The van der Waals surface area contributed by atoms with Crippen LogP contribution in [0.15, 0.2) is 24.3 Å². The number of ether oxygens (including phenoxy) is 1. The molecule has 3 fully saturated rings. The molecule has 1 aliphatic carbocycles. The summed E-state index contributed by atoms with van der Waals surface area (Å²) in [5.41, 5.74) is 1.69. The maximum absolute atomic E-state index is 12.7. The molecule has 1 atom stereocenters. The van der Waals surface area contributed by atoms with Crippen molar-refractivity contribution >= 4 is 23.6 Å². The van der Waals surface area contributed by atoms with Crippen LogP contribution in [-0.4, -0.2) is 53.4 Å². The Morgan fingerprint density at radius 1 is 1.07 bits per heavy atom. The zero-order valence-electron chi connectivity index (χ0n) is 16.8. The predicted molar refractivity (Wildman–Crippen MR) is 108 cm³/mol. The molecule has 7 nitrogen and oxygen atoms in total. The minimum absolute atomic E-state index is 0.0923. The van der Waals surface area contributed by atoms with Gasteiger partial charge in [-0.3, -0.25) is 9.59 Å². The van der Waals surface area contributed by atoms with E-state index in [1.165, 1.54) is 25.7 Å². The molecule has 1 saturated carbocycles. The smallest absolute Gasteiger partial charge is 0.410 e. The number of rotatable bonds is 5. The molecular weight excluding hydrogens is 370 g/mol.